The summed E-state index contributed by atoms with van der Waals surface area (Å²) < 4.78 is 0. The fraction of sp³-hybridized carbons (Fsp3) is 0.385. The molecule has 4 atom stereocenters. The van der Waals surface area contributed by atoms with Crippen molar-refractivity contribution >= 4 is 17.8 Å². The van der Waals surface area contributed by atoms with E-state index < -0.39 is 17.8 Å². The third-order valence-electron chi connectivity index (χ3n) is 6.69. The van der Waals surface area contributed by atoms with Crippen LogP contribution in [-0.2, 0) is 9.59 Å². The van der Waals surface area contributed by atoms with Gasteiger partial charge in [0.15, 0.2) is 0 Å². The molecule has 0 spiro atoms. The molecule has 2 aliphatic rings. The Morgan fingerprint density at radius 1 is 0.818 bits per heavy atom. The Labute approximate surface area is 192 Å². The number of nitrogens with two attached hydrogens (primary N) is 1. The topological polar surface area (TPSA) is 141 Å². The molecule has 2 saturated carbocycles. The maximum atomic E-state index is 11.1. The number of nitriles is 1. The lowest BCUT2D eigenvalue weighted by atomic mass is 9.95. The normalized spacial score (nSPS) is 23.7. The standard InChI is InChI=1S/C13H15NO3.C13H13NO2/c14-12(15)10-3-1-2-8(6-10)9-4-5-11(7-9)13(16)17;14-8-9-2-1-3-10(6-9)11-4-5-12(7-11)13(15)16/h1-3,6,9,11H,4-5,7H2,(H2,14,15)(H,16,17);1-3,6,11-12H,4-5,7H2,(H,15,16)/t9-,11+;11-,12+/m00/s1. The molecular formula is C26H28N2O5. The molecule has 172 valence electrons. The molecular weight excluding hydrogens is 420 g/mol. The van der Waals surface area contributed by atoms with Crippen molar-refractivity contribution in [2.45, 2.75) is 50.4 Å². The monoisotopic (exact) mass is 448 g/mol. The van der Waals surface area contributed by atoms with Gasteiger partial charge in [-0.15, -0.1) is 0 Å². The van der Waals surface area contributed by atoms with Crippen molar-refractivity contribution in [2.75, 3.05) is 0 Å². The van der Waals surface area contributed by atoms with Crippen molar-refractivity contribution in [3.63, 3.8) is 0 Å². The minimum Gasteiger partial charge on any atom is -0.481 e. The molecule has 0 saturated heterocycles. The van der Waals surface area contributed by atoms with E-state index in [-0.39, 0.29) is 17.8 Å². The van der Waals surface area contributed by atoms with Gasteiger partial charge in [-0.1, -0.05) is 24.3 Å². The second-order valence-electron chi connectivity index (χ2n) is 8.82. The maximum absolute atomic E-state index is 11.1. The minimum atomic E-state index is -0.724. The average Bonchev–Trinajstić information content (AvgIpc) is 3.50. The van der Waals surface area contributed by atoms with Crippen LogP contribution in [0.2, 0.25) is 0 Å². The van der Waals surface area contributed by atoms with Crippen molar-refractivity contribution < 1.29 is 24.6 Å². The first kappa shape index (κ1) is 24.0. The lowest BCUT2D eigenvalue weighted by Gasteiger charge is -2.10. The molecule has 7 nitrogen and oxygen atoms in total. The molecule has 33 heavy (non-hydrogen) atoms. The van der Waals surface area contributed by atoms with Gasteiger partial charge in [0.25, 0.3) is 0 Å². The zero-order valence-electron chi connectivity index (χ0n) is 18.3. The number of carboxylic acid groups (broad SMARTS) is 2. The maximum Gasteiger partial charge on any atom is 0.306 e. The largest absolute Gasteiger partial charge is 0.481 e. The number of hydrogen-bond donors (Lipinski definition) is 3. The molecule has 0 bridgehead atoms. The average molecular weight is 449 g/mol. The predicted molar refractivity (Wildman–Crippen MR) is 122 cm³/mol. The van der Waals surface area contributed by atoms with Crippen LogP contribution < -0.4 is 5.73 Å². The van der Waals surface area contributed by atoms with Gasteiger partial charge in [0, 0.05) is 5.56 Å². The molecule has 0 unspecified atom stereocenters. The lowest BCUT2D eigenvalue weighted by molar-refractivity contribution is -0.142. The van der Waals surface area contributed by atoms with E-state index in [1.165, 1.54) is 0 Å². The molecule has 0 heterocycles. The second-order valence-corrected chi connectivity index (χ2v) is 8.82. The number of primary amides is 1. The SMILES string of the molecule is N#Cc1cccc([C@H]2CC[C@@H](C(=O)O)C2)c1.NC(=O)c1cccc([C@H]2CC[C@@H](C(=O)O)C2)c1. The third kappa shape index (κ3) is 6.19. The molecule has 0 aliphatic heterocycles. The Balaban J connectivity index is 0.000000186. The van der Waals surface area contributed by atoms with Gasteiger partial charge in [0.05, 0.1) is 23.5 Å². The number of rotatable bonds is 5. The number of benzene rings is 2. The number of aliphatic carboxylic acids is 2. The van der Waals surface area contributed by atoms with Crippen LogP contribution in [0.3, 0.4) is 0 Å². The fourth-order valence-corrected chi connectivity index (χ4v) is 4.83. The highest BCUT2D eigenvalue weighted by molar-refractivity contribution is 5.92. The van der Waals surface area contributed by atoms with Crippen molar-refractivity contribution in [3.8, 4) is 6.07 Å². The summed E-state index contributed by atoms with van der Waals surface area (Å²) in [5.41, 5.74) is 8.48. The van der Waals surface area contributed by atoms with Gasteiger partial charge in [-0.2, -0.15) is 5.26 Å². The molecule has 2 fully saturated rings. The van der Waals surface area contributed by atoms with E-state index in [2.05, 4.69) is 6.07 Å². The molecule has 0 aromatic heterocycles. The van der Waals surface area contributed by atoms with Gasteiger partial charge in [0.1, 0.15) is 0 Å². The summed E-state index contributed by atoms with van der Waals surface area (Å²) in [7, 11) is 0. The number of carboxylic acids is 2. The number of carbonyl (C=O) groups excluding carboxylic acids is 1. The van der Waals surface area contributed by atoms with Crippen LogP contribution in [0.25, 0.3) is 0 Å². The molecule has 1 amide bonds. The summed E-state index contributed by atoms with van der Waals surface area (Å²) in [6.45, 7) is 0. The Bertz CT molecular complexity index is 1070. The Morgan fingerprint density at radius 2 is 1.33 bits per heavy atom. The zero-order chi connectivity index (χ0) is 24.0. The summed E-state index contributed by atoms with van der Waals surface area (Å²) in [6.07, 6.45) is 4.57. The van der Waals surface area contributed by atoms with E-state index in [9.17, 15) is 14.4 Å². The number of carbonyl (C=O) groups is 3. The van der Waals surface area contributed by atoms with Crippen LogP contribution in [0.4, 0.5) is 0 Å². The number of hydrogen-bond acceptors (Lipinski definition) is 4. The molecule has 4 rings (SSSR count). The smallest absolute Gasteiger partial charge is 0.306 e. The Morgan fingerprint density at radius 3 is 1.79 bits per heavy atom. The quantitative estimate of drug-likeness (QED) is 0.623. The fourth-order valence-electron chi connectivity index (χ4n) is 4.83. The van der Waals surface area contributed by atoms with Gasteiger partial charge in [0.2, 0.25) is 5.91 Å². The molecule has 0 radical (unpaired) electrons. The molecule has 2 aromatic carbocycles. The van der Waals surface area contributed by atoms with Crippen molar-refractivity contribution in [2.24, 2.45) is 17.6 Å². The van der Waals surface area contributed by atoms with Crippen LogP contribution in [-0.4, -0.2) is 28.1 Å². The highest BCUT2D eigenvalue weighted by Crippen LogP contribution is 2.39. The van der Waals surface area contributed by atoms with Crippen LogP contribution in [0.5, 0.6) is 0 Å². The first-order valence-corrected chi connectivity index (χ1v) is 11.1. The predicted octanol–water partition coefficient (Wildman–Crippen LogP) is 4.28. The van der Waals surface area contributed by atoms with Gasteiger partial charge >= 0.3 is 11.9 Å². The highest BCUT2D eigenvalue weighted by Gasteiger charge is 2.31. The third-order valence-corrected chi connectivity index (χ3v) is 6.69. The summed E-state index contributed by atoms with van der Waals surface area (Å²) in [5, 5.41) is 26.7. The van der Waals surface area contributed by atoms with Gasteiger partial charge in [-0.3, -0.25) is 14.4 Å². The minimum absolute atomic E-state index is 0.212. The summed E-state index contributed by atoms with van der Waals surface area (Å²) in [5.74, 6) is -1.80. The molecule has 2 aliphatic carbocycles. The van der Waals surface area contributed by atoms with Crippen molar-refractivity contribution in [1.82, 2.24) is 0 Å². The Hall–Kier alpha value is -3.66. The second kappa shape index (κ2) is 10.8. The number of amides is 1. The van der Waals surface area contributed by atoms with E-state index in [0.29, 0.717) is 36.3 Å². The van der Waals surface area contributed by atoms with Gasteiger partial charge in [-0.05, 0) is 85.8 Å². The summed E-state index contributed by atoms with van der Waals surface area (Å²) in [4.78, 5) is 32.8. The van der Waals surface area contributed by atoms with Gasteiger partial charge in [-0.25, -0.2) is 0 Å². The van der Waals surface area contributed by atoms with E-state index in [1.54, 1.807) is 24.3 Å². The van der Waals surface area contributed by atoms with Crippen LogP contribution >= 0.6 is 0 Å². The van der Waals surface area contributed by atoms with Gasteiger partial charge < -0.3 is 15.9 Å². The van der Waals surface area contributed by atoms with Crippen LogP contribution in [0, 0.1) is 23.2 Å². The first-order chi connectivity index (χ1) is 15.8. The molecule has 4 N–H and O–H groups in total. The molecule has 7 heteroatoms. The van der Waals surface area contributed by atoms with Crippen molar-refractivity contribution in [1.29, 1.82) is 5.26 Å². The summed E-state index contributed by atoms with van der Waals surface area (Å²) in [6, 6.07) is 16.8. The van der Waals surface area contributed by atoms with Crippen LogP contribution in [0.1, 0.15) is 77.4 Å². The van der Waals surface area contributed by atoms with E-state index >= 15 is 0 Å². The first-order valence-electron chi connectivity index (χ1n) is 11.1. The van der Waals surface area contributed by atoms with E-state index in [4.69, 9.17) is 21.2 Å². The van der Waals surface area contributed by atoms with Crippen molar-refractivity contribution in [3.05, 3.63) is 70.8 Å². The molecule has 2 aromatic rings. The lowest BCUT2D eigenvalue weighted by Crippen LogP contribution is -2.12. The van der Waals surface area contributed by atoms with E-state index in [0.717, 1.165) is 30.4 Å². The summed E-state index contributed by atoms with van der Waals surface area (Å²) >= 11 is 0. The zero-order valence-corrected chi connectivity index (χ0v) is 18.3. The highest BCUT2D eigenvalue weighted by atomic mass is 16.4. The Kier molecular flexibility index (Phi) is 7.83. The number of nitrogens with zero attached hydrogens (tertiary/aromatic N) is 1. The van der Waals surface area contributed by atoms with E-state index in [1.807, 2.05) is 24.3 Å². The van der Waals surface area contributed by atoms with Crippen LogP contribution in [0.15, 0.2) is 48.5 Å².